The van der Waals surface area contributed by atoms with Crippen molar-refractivity contribution in [2.24, 2.45) is 0 Å². The number of benzene rings is 3. The van der Waals surface area contributed by atoms with Gasteiger partial charge in [-0.15, -0.1) is 0 Å². The number of aryl methyl sites for hydroxylation is 1. The van der Waals surface area contributed by atoms with E-state index in [1.54, 1.807) is 12.0 Å². The van der Waals surface area contributed by atoms with Crippen LogP contribution in [-0.2, 0) is 29.0 Å². The van der Waals surface area contributed by atoms with Crippen LogP contribution in [0.5, 0.6) is 5.75 Å². The van der Waals surface area contributed by atoms with Crippen molar-refractivity contribution in [3.63, 3.8) is 0 Å². The summed E-state index contributed by atoms with van der Waals surface area (Å²) < 4.78 is 5.25. The topological polar surface area (TPSA) is 58.6 Å². The van der Waals surface area contributed by atoms with Gasteiger partial charge in [-0.25, -0.2) is 0 Å². The normalized spacial score (nSPS) is 12.5. The van der Waals surface area contributed by atoms with Crippen LogP contribution in [0.1, 0.15) is 42.5 Å². The first-order valence-corrected chi connectivity index (χ1v) is 12.2. The van der Waals surface area contributed by atoms with Crippen molar-refractivity contribution in [3.05, 3.63) is 101 Å². The first-order chi connectivity index (χ1) is 16.9. The summed E-state index contributed by atoms with van der Waals surface area (Å²) in [6.07, 6.45) is 1.47. The summed E-state index contributed by atoms with van der Waals surface area (Å²) in [5.74, 6) is 0.534. The van der Waals surface area contributed by atoms with E-state index in [-0.39, 0.29) is 24.3 Å². The molecule has 0 saturated carbocycles. The zero-order valence-electron chi connectivity index (χ0n) is 21.2. The number of hydrogen-bond donors (Lipinski definition) is 1. The van der Waals surface area contributed by atoms with E-state index in [1.807, 2.05) is 99.6 Å². The standard InChI is InChI=1S/C30H36N2O3/c1-5-23(3)31-30(34)28(19-24-12-7-6-8-13-24)32(21-26-14-10-9-11-22(26)2)29(33)20-25-15-17-27(35-4)18-16-25/h6-18,23,28H,5,19-21H2,1-4H3,(H,31,34)/t23-,28-/m1/s1. The van der Waals surface area contributed by atoms with Crippen molar-refractivity contribution in [1.82, 2.24) is 10.2 Å². The maximum absolute atomic E-state index is 13.8. The molecule has 0 aliphatic heterocycles. The lowest BCUT2D eigenvalue weighted by atomic mass is 10.00. The number of amides is 2. The van der Waals surface area contributed by atoms with Crippen LogP contribution in [0, 0.1) is 6.92 Å². The summed E-state index contributed by atoms with van der Waals surface area (Å²) in [5, 5.41) is 3.12. The van der Waals surface area contributed by atoms with Gasteiger partial charge >= 0.3 is 0 Å². The summed E-state index contributed by atoms with van der Waals surface area (Å²) in [5.41, 5.74) is 4.02. The van der Waals surface area contributed by atoms with E-state index in [1.165, 1.54) is 0 Å². The fraction of sp³-hybridized carbons (Fsp3) is 0.333. The predicted molar refractivity (Wildman–Crippen MR) is 140 cm³/mol. The molecule has 3 rings (SSSR count). The lowest BCUT2D eigenvalue weighted by Crippen LogP contribution is -2.52. The van der Waals surface area contributed by atoms with Crippen molar-refractivity contribution >= 4 is 11.8 Å². The molecule has 0 aliphatic carbocycles. The van der Waals surface area contributed by atoms with Gasteiger partial charge < -0.3 is 15.0 Å². The molecule has 0 saturated heterocycles. The summed E-state index contributed by atoms with van der Waals surface area (Å²) in [6.45, 7) is 6.43. The van der Waals surface area contributed by atoms with Gasteiger partial charge in [-0.05, 0) is 54.7 Å². The number of carbonyl (C=O) groups is 2. The van der Waals surface area contributed by atoms with Crippen LogP contribution in [-0.4, -0.2) is 35.9 Å². The summed E-state index contributed by atoms with van der Waals surface area (Å²) in [4.78, 5) is 29.1. The molecule has 0 radical (unpaired) electrons. The Bertz CT molecular complexity index is 1100. The second-order valence-electron chi connectivity index (χ2n) is 9.00. The minimum atomic E-state index is -0.628. The van der Waals surface area contributed by atoms with E-state index in [0.29, 0.717) is 13.0 Å². The molecule has 35 heavy (non-hydrogen) atoms. The number of carbonyl (C=O) groups excluding carboxylic acids is 2. The van der Waals surface area contributed by atoms with E-state index in [9.17, 15) is 9.59 Å². The maximum Gasteiger partial charge on any atom is 0.243 e. The van der Waals surface area contributed by atoms with Gasteiger partial charge in [-0.2, -0.15) is 0 Å². The van der Waals surface area contributed by atoms with E-state index in [2.05, 4.69) is 5.32 Å². The lowest BCUT2D eigenvalue weighted by molar-refractivity contribution is -0.141. The molecule has 0 heterocycles. The van der Waals surface area contributed by atoms with Gasteiger partial charge in [0.05, 0.1) is 13.5 Å². The fourth-order valence-electron chi connectivity index (χ4n) is 3.99. The van der Waals surface area contributed by atoms with Crippen molar-refractivity contribution in [1.29, 1.82) is 0 Å². The van der Waals surface area contributed by atoms with Gasteiger partial charge in [0, 0.05) is 19.0 Å². The lowest BCUT2D eigenvalue weighted by Gasteiger charge is -2.33. The molecule has 2 amide bonds. The van der Waals surface area contributed by atoms with E-state index >= 15 is 0 Å². The molecule has 0 fully saturated rings. The van der Waals surface area contributed by atoms with Crippen LogP contribution in [0.4, 0.5) is 0 Å². The first kappa shape index (κ1) is 26.0. The third-order valence-corrected chi connectivity index (χ3v) is 6.39. The van der Waals surface area contributed by atoms with Crippen LogP contribution in [0.25, 0.3) is 0 Å². The monoisotopic (exact) mass is 472 g/mol. The highest BCUT2D eigenvalue weighted by Gasteiger charge is 2.31. The van der Waals surface area contributed by atoms with Crippen molar-refractivity contribution < 1.29 is 14.3 Å². The second kappa shape index (κ2) is 12.7. The molecule has 5 nitrogen and oxygen atoms in total. The molecule has 3 aromatic carbocycles. The predicted octanol–water partition coefficient (Wildman–Crippen LogP) is 5.10. The quantitative estimate of drug-likeness (QED) is 0.422. The Labute approximate surface area is 209 Å². The number of ether oxygens (including phenoxy) is 1. The Morgan fingerprint density at radius 3 is 2.20 bits per heavy atom. The Kier molecular flexibility index (Phi) is 9.47. The Morgan fingerprint density at radius 2 is 1.57 bits per heavy atom. The van der Waals surface area contributed by atoms with E-state index in [4.69, 9.17) is 4.74 Å². The summed E-state index contributed by atoms with van der Waals surface area (Å²) in [7, 11) is 1.62. The Hall–Kier alpha value is -3.60. The second-order valence-corrected chi connectivity index (χ2v) is 9.00. The van der Waals surface area contributed by atoms with Crippen molar-refractivity contribution in [2.75, 3.05) is 7.11 Å². The van der Waals surface area contributed by atoms with Crippen LogP contribution >= 0.6 is 0 Å². The largest absolute Gasteiger partial charge is 0.497 e. The van der Waals surface area contributed by atoms with Gasteiger partial charge in [-0.3, -0.25) is 9.59 Å². The highest BCUT2D eigenvalue weighted by Crippen LogP contribution is 2.19. The Morgan fingerprint density at radius 1 is 0.914 bits per heavy atom. The molecule has 1 N–H and O–H groups in total. The minimum Gasteiger partial charge on any atom is -0.497 e. The average Bonchev–Trinajstić information content (AvgIpc) is 2.88. The molecule has 2 atom stereocenters. The number of nitrogens with one attached hydrogen (secondary N) is 1. The molecule has 0 bridgehead atoms. The highest BCUT2D eigenvalue weighted by molar-refractivity contribution is 5.89. The number of rotatable bonds is 11. The van der Waals surface area contributed by atoms with Gasteiger partial charge in [0.25, 0.3) is 0 Å². The Balaban J connectivity index is 1.97. The van der Waals surface area contributed by atoms with Crippen LogP contribution in [0.15, 0.2) is 78.9 Å². The van der Waals surface area contributed by atoms with Crippen LogP contribution in [0.3, 0.4) is 0 Å². The van der Waals surface area contributed by atoms with E-state index < -0.39 is 6.04 Å². The molecule has 0 unspecified atom stereocenters. The zero-order valence-corrected chi connectivity index (χ0v) is 21.2. The van der Waals surface area contributed by atoms with Crippen molar-refractivity contribution in [3.8, 4) is 5.75 Å². The average molecular weight is 473 g/mol. The number of hydrogen-bond acceptors (Lipinski definition) is 3. The third kappa shape index (κ3) is 7.44. The van der Waals surface area contributed by atoms with Gasteiger partial charge in [0.2, 0.25) is 11.8 Å². The minimum absolute atomic E-state index is 0.0257. The molecule has 5 heteroatoms. The molecule has 0 spiro atoms. The SMILES string of the molecule is CC[C@@H](C)NC(=O)[C@@H](Cc1ccccc1)N(Cc1ccccc1C)C(=O)Cc1ccc(OC)cc1. The highest BCUT2D eigenvalue weighted by atomic mass is 16.5. The van der Waals surface area contributed by atoms with E-state index in [0.717, 1.165) is 34.4 Å². The molecule has 0 aromatic heterocycles. The zero-order chi connectivity index (χ0) is 25.2. The molecular weight excluding hydrogens is 436 g/mol. The van der Waals surface area contributed by atoms with Gasteiger partial charge in [0.1, 0.15) is 11.8 Å². The number of methoxy groups -OCH3 is 1. The molecular formula is C30H36N2O3. The van der Waals surface area contributed by atoms with Crippen LogP contribution in [0.2, 0.25) is 0 Å². The molecule has 184 valence electrons. The smallest absolute Gasteiger partial charge is 0.243 e. The molecule has 0 aliphatic rings. The summed E-state index contributed by atoms with van der Waals surface area (Å²) in [6, 6.07) is 24.8. The van der Waals surface area contributed by atoms with Gasteiger partial charge in [-0.1, -0.05) is 73.7 Å². The van der Waals surface area contributed by atoms with Crippen molar-refractivity contribution in [2.45, 2.75) is 58.7 Å². The van der Waals surface area contributed by atoms with Gasteiger partial charge in [0.15, 0.2) is 0 Å². The first-order valence-electron chi connectivity index (χ1n) is 12.2. The van der Waals surface area contributed by atoms with Crippen LogP contribution < -0.4 is 10.1 Å². The maximum atomic E-state index is 13.8. The molecule has 3 aromatic rings. The third-order valence-electron chi connectivity index (χ3n) is 6.39. The number of nitrogens with zero attached hydrogens (tertiary/aromatic N) is 1. The summed E-state index contributed by atoms with van der Waals surface area (Å²) >= 11 is 0. The fourth-order valence-corrected chi connectivity index (χ4v) is 3.99.